The molecule has 4 nitrogen and oxygen atoms in total. The number of benzene rings is 1. The molecule has 66 valence electrons. The van der Waals surface area contributed by atoms with Crippen molar-refractivity contribution in [2.45, 2.75) is 0 Å². The Hall–Kier alpha value is -1.11. The Labute approximate surface area is 86.7 Å². The van der Waals surface area contributed by atoms with Crippen LogP contribution < -0.4 is 0 Å². The Balaban J connectivity index is 2.68. The molecule has 5 heteroatoms. The first kappa shape index (κ1) is 8.49. The van der Waals surface area contributed by atoms with Crippen LogP contribution in [0.5, 0.6) is 0 Å². The number of hydrogen-bond donors (Lipinski definition) is 1. The van der Waals surface area contributed by atoms with Crippen LogP contribution in [-0.4, -0.2) is 16.1 Å². The summed E-state index contributed by atoms with van der Waals surface area (Å²) in [4.78, 5) is 14.3. The molecule has 0 amide bonds. The number of fused-ring (bicyclic) bond motifs is 1. The number of aromatic nitrogens is 1. The summed E-state index contributed by atoms with van der Waals surface area (Å²) in [5, 5.41) is 8.60. The van der Waals surface area contributed by atoms with E-state index in [4.69, 9.17) is 9.52 Å². The summed E-state index contributed by atoms with van der Waals surface area (Å²) < 4.78 is 5.98. The molecule has 0 fully saturated rings. The molecule has 0 saturated carbocycles. The number of carboxylic acids is 1. The maximum absolute atomic E-state index is 10.5. The zero-order chi connectivity index (χ0) is 9.42. The monoisotopic (exact) mass is 289 g/mol. The Bertz CT molecular complexity index is 477. The van der Waals surface area contributed by atoms with Gasteiger partial charge in [0.2, 0.25) is 0 Å². The summed E-state index contributed by atoms with van der Waals surface area (Å²) >= 11 is 2.12. The maximum atomic E-state index is 10.5. The SMILES string of the molecule is O=C(O)c1nc2ccc(I)cc2o1. The average molecular weight is 289 g/mol. The normalized spacial score (nSPS) is 10.5. The molecule has 2 aromatic rings. The van der Waals surface area contributed by atoms with Crippen LogP contribution in [0.4, 0.5) is 0 Å². The van der Waals surface area contributed by atoms with E-state index >= 15 is 0 Å². The van der Waals surface area contributed by atoms with Gasteiger partial charge in [-0.3, -0.25) is 0 Å². The van der Waals surface area contributed by atoms with Crippen LogP contribution in [0, 0.1) is 3.57 Å². The van der Waals surface area contributed by atoms with Crippen LogP contribution in [0.1, 0.15) is 10.7 Å². The van der Waals surface area contributed by atoms with Gasteiger partial charge in [0.05, 0.1) is 0 Å². The van der Waals surface area contributed by atoms with E-state index in [0.29, 0.717) is 11.1 Å². The van der Waals surface area contributed by atoms with E-state index in [0.717, 1.165) is 3.57 Å². The van der Waals surface area contributed by atoms with Crippen molar-refractivity contribution in [3.8, 4) is 0 Å². The van der Waals surface area contributed by atoms with Crippen LogP contribution in [0.25, 0.3) is 11.1 Å². The quantitative estimate of drug-likeness (QED) is 0.817. The second-order valence-corrected chi connectivity index (χ2v) is 3.68. The Morgan fingerprint density at radius 3 is 3.00 bits per heavy atom. The highest BCUT2D eigenvalue weighted by molar-refractivity contribution is 14.1. The van der Waals surface area contributed by atoms with Gasteiger partial charge >= 0.3 is 11.9 Å². The predicted molar refractivity (Wildman–Crippen MR) is 53.7 cm³/mol. The summed E-state index contributed by atoms with van der Waals surface area (Å²) in [6.07, 6.45) is 0. The summed E-state index contributed by atoms with van der Waals surface area (Å²) in [5.41, 5.74) is 1.07. The average Bonchev–Trinajstić information content (AvgIpc) is 2.46. The van der Waals surface area contributed by atoms with Crippen LogP contribution in [-0.2, 0) is 0 Å². The van der Waals surface area contributed by atoms with Gasteiger partial charge < -0.3 is 9.52 Å². The number of carbonyl (C=O) groups is 1. The lowest BCUT2D eigenvalue weighted by Gasteiger charge is -1.86. The fourth-order valence-electron chi connectivity index (χ4n) is 0.990. The number of oxazole rings is 1. The molecule has 0 aliphatic heterocycles. The second kappa shape index (κ2) is 2.99. The lowest BCUT2D eigenvalue weighted by molar-refractivity contribution is 0.0656. The number of halogens is 1. The molecule has 0 radical (unpaired) electrons. The van der Waals surface area contributed by atoms with Crippen molar-refractivity contribution in [3.05, 3.63) is 27.7 Å². The van der Waals surface area contributed by atoms with Gasteiger partial charge in [-0.2, -0.15) is 0 Å². The van der Waals surface area contributed by atoms with Crippen LogP contribution >= 0.6 is 22.6 Å². The highest BCUT2D eigenvalue weighted by Gasteiger charge is 2.11. The number of carboxylic acid groups (broad SMARTS) is 1. The zero-order valence-electron chi connectivity index (χ0n) is 6.32. The van der Waals surface area contributed by atoms with Crippen molar-refractivity contribution in [2.75, 3.05) is 0 Å². The molecule has 1 heterocycles. The maximum Gasteiger partial charge on any atom is 0.392 e. The Morgan fingerprint density at radius 2 is 2.31 bits per heavy atom. The zero-order valence-corrected chi connectivity index (χ0v) is 8.48. The molecule has 0 bridgehead atoms. The molecule has 1 aromatic carbocycles. The van der Waals surface area contributed by atoms with Crippen LogP contribution in [0.2, 0.25) is 0 Å². The van der Waals surface area contributed by atoms with Gasteiger partial charge in [0.25, 0.3) is 0 Å². The molecule has 0 spiro atoms. The molecular formula is C8H4INO3. The van der Waals surface area contributed by atoms with Crippen molar-refractivity contribution in [3.63, 3.8) is 0 Å². The van der Waals surface area contributed by atoms with Gasteiger partial charge in [-0.25, -0.2) is 9.78 Å². The number of rotatable bonds is 1. The van der Waals surface area contributed by atoms with Crippen molar-refractivity contribution in [1.82, 2.24) is 4.98 Å². The van der Waals surface area contributed by atoms with E-state index in [1.807, 2.05) is 6.07 Å². The minimum atomic E-state index is -1.15. The minimum Gasteiger partial charge on any atom is -0.474 e. The molecule has 0 unspecified atom stereocenters. The predicted octanol–water partition coefficient (Wildman–Crippen LogP) is 2.13. The van der Waals surface area contributed by atoms with Crippen molar-refractivity contribution >= 4 is 39.7 Å². The van der Waals surface area contributed by atoms with Crippen molar-refractivity contribution in [1.29, 1.82) is 0 Å². The number of nitrogens with zero attached hydrogens (tertiary/aromatic N) is 1. The lowest BCUT2D eigenvalue weighted by Crippen LogP contribution is -1.94. The smallest absolute Gasteiger partial charge is 0.392 e. The van der Waals surface area contributed by atoms with Gasteiger partial charge in [0, 0.05) is 3.57 Å². The first-order chi connectivity index (χ1) is 6.16. The third-order valence-electron chi connectivity index (χ3n) is 1.53. The van der Waals surface area contributed by atoms with Gasteiger partial charge in [-0.15, -0.1) is 0 Å². The number of aromatic carboxylic acids is 1. The molecular weight excluding hydrogens is 285 g/mol. The largest absolute Gasteiger partial charge is 0.474 e. The molecule has 0 atom stereocenters. The van der Waals surface area contributed by atoms with Crippen LogP contribution in [0.15, 0.2) is 22.6 Å². The van der Waals surface area contributed by atoms with Gasteiger partial charge in [0.1, 0.15) is 5.52 Å². The summed E-state index contributed by atoms with van der Waals surface area (Å²) in [5.74, 6) is -1.41. The molecule has 1 aromatic heterocycles. The van der Waals surface area contributed by atoms with Gasteiger partial charge in [0.15, 0.2) is 5.58 Å². The molecule has 0 aliphatic rings. The second-order valence-electron chi connectivity index (χ2n) is 2.44. The molecule has 1 N–H and O–H groups in total. The van der Waals surface area contributed by atoms with E-state index in [9.17, 15) is 4.79 Å². The van der Waals surface area contributed by atoms with Crippen LogP contribution in [0.3, 0.4) is 0 Å². The van der Waals surface area contributed by atoms with E-state index in [-0.39, 0.29) is 5.89 Å². The van der Waals surface area contributed by atoms with E-state index < -0.39 is 5.97 Å². The Kier molecular flexibility index (Phi) is 1.95. The first-order valence-corrected chi connectivity index (χ1v) is 4.54. The fourth-order valence-corrected chi connectivity index (χ4v) is 1.45. The summed E-state index contributed by atoms with van der Waals surface area (Å²) in [6.45, 7) is 0. The van der Waals surface area contributed by atoms with Gasteiger partial charge in [-0.1, -0.05) is 0 Å². The summed E-state index contributed by atoms with van der Waals surface area (Å²) in [7, 11) is 0. The van der Waals surface area contributed by atoms with E-state index in [1.54, 1.807) is 12.1 Å². The standard InChI is InChI=1S/C8H4INO3/c9-4-1-2-5-6(3-4)13-7(10-5)8(11)12/h1-3H,(H,11,12). The third kappa shape index (κ3) is 1.51. The first-order valence-electron chi connectivity index (χ1n) is 3.46. The minimum absolute atomic E-state index is 0.267. The topological polar surface area (TPSA) is 63.3 Å². The molecule has 0 saturated heterocycles. The Morgan fingerprint density at radius 1 is 1.54 bits per heavy atom. The van der Waals surface area contributed by atoms with Gasteiger partial charge in [-0.05, 0) is 40.8 Å². The number of hydrogen-bond acceptors (Lipinski definition) is 3. The van der Waals surface area contributed by atoms with E-state index in [1.165, 1.54) is 0 Å². The van der Waals surface area contributed by atoms with Crippen molar-refractivity contribution in [2.24, 2.45) is 0 Å². The highest BCUT2D eigenvalue weighted by atomic mass is 127. The summed E-state index contributed by atoms with van der Waals surface area (Å²) in [6, 6.07) is 5.32. The fraction of sp³-hybridized carbons (Fsp3) is 0. The molecule has 2 rings (SSSR count). The lowest BCUT2D eigenvalue weighted by atomic mass is 10.3. The van der Waals surface area contributed by atoms with E-state index in [2.05, 4.69) is 27.6 Å². The molecule has 0 aliphatic carbocycles. The third-order valence-corrected chi connectivity index (χ3v) is 2.20. The van der Waals surface area contributed by atoms with Crippen molar-refractivity contribution < 1.29 is 14.3 Å². The molecule has 13 heavy (non-hydrogen) atoms. The highest BCUT2D eigenvalue weighted by Crippen LogP contribution is 2.18.